The van der Waals surface area contributed by atoms with E-state index in [-0.39, 0.29) is 6.04 Å². The largest absolute Gasteiger partial charge is 0.369 e. The van der Waals surface area contributed by atoms with E-state index in [0.717, 1.165) is 22.3 Å². The fraction of sp³-hybridized carbons (Fsp3) is 0.267. The van der Waals surface area contributed by atoms with Crippen LogP contribution in [-0.4, -0.2) is 12.0 Å². The first-order chi connectivity index (χ1) is 9.08. The van der Waals surface area contributed by atoms with Gasteiger partial charge in [-0.1, -0.05) is 12.1 Å². The van der Waals surface area contributed by atoms with Gasteiger partial charge < -0.3 is 10.6 Å². The van der Waals surface area contributed by atoms with Crippen LogP contribution >= 0.6 is 15.9 Å². The number of benzene rings is 1. The van der Waals surface area contributed by atoms with Crippen molar-refractivity contribution < 1.29 is 0 Å². The van der Waals surface area contributed by atoms with E-state index >= 15 is 0 Å². The molecule has 0 amide bonds. The van der Waals surface area contributed by atoms with Crippen molar-refractivity contribution in [2.45, 2.75) is 19.5 Å². The first-order valence-corrected chi connectivity index (χ1v) is 7.02. The molecule has 1 aromatic heterocycles. The van der Waals surface area contributed by atoms with Crippen LogP contribution in [-0.2, 0) is 6.54 Å². The summed E-state index contributed by atoms with van der Waals surface area (Å²) in [6.07, 6.45) is 3.68. The van der Waals surface area contributed by atoms with Gasteiger partial charge in [-0.15, -0.1) is 0 Å². The maximum absolute atomic E-state index is 5.89. The highest BCUT2D eigenvalue weighted by Crippen LogP contribution is 2.29. The molecule has 0 saturated carbocycles. The Morgan fingerprint density at radius 2 is 2.16 bits per heavy atom. The van der Waals surface area contributed by atoms with Crippen molar-refractivity contribution in [1.29, 1.82) is 0 Å². The Morgan fingerprint density at radius 1 is 1.37 bits per heavy atom. The third-order valence-electron chi connectivity index (χ3n) is 3.05. The van der Waals surface area contributed by atoms with Crippen LogP contribution in [0.4, 0.5) is 5.69 Å². The SMILES string of the molecule is C[C@H](N)c1ccc(N(C)Cc2cccnc2)c(Br)c1. The van der Waals surface area contributed by atoms with Gasteiger partial charge in [-0.25, -0.2) is 0 Å². The maximum Gasteiger partial charge on any atom is 0.0511 e. The van der Waals surface area contributed by atoms with Crippen molar-refractivity contribution in [2.75, 3.05) is 11.9 Å². The van der Waals surface area contributed by atoms with Crippen molar-refractivity contribution in [3.63, 3.8) is 0 Å². The zero-order valence-corrected chi connectivity index (χ0v) is 12.8. The number of hydrogen-bond donors (Lipinski definition) is 1. The second-order valence-corrected chi connectivity index (χ2v) is 5.57. The van der Waals surface area contributed by atoms with E-state index < -0.39 is 0 Å². The summed E-state index contributed by atoms with van der Waals surface area (Å²) >= 11 is 3.62. The minimum absolute atomic E-state index is 0.0500. The average molecular weight is 320 g/mol. The van der Waals surface area contributed by atoms with Gasteiger partial charge in [0, 0.05) is 36.5 Å². The van der Waals surface area contributed by atoms with Crippen LogP contribution in [0.25, 0.3) is 0 Å². The summed E-state index contributed by atoms with van der Waals surface area (Å²) in [6.45, 7) is 2.81. The molecule has 0 spiro atoms. The lowest BCUT2D eigenvalue weighted by molar-refractivity contribution is 0.815. The second-order valence-electron chi connectivity index (χ2n) is 4.72. The quantitative estimate of drug-likeness (QED) is 0.937. The standard InChI is InChI=1S/C15H18BrN3/c1-11(17)13-5-6-15(14(16)8-13)19(2)10-12-4-3-7-18-9-12/h3-9,11H,10,17H2,1-2H3/t11-/m0/s1. The lowest BCUT2D eigenvalue weighted by Crippen LogP contribution is -2.17. The molecule has 0 aliphatic carbocycles. The van der Waals surface area contributed by atoms with Gasteiger partial charge >= 0.3 is 0 Å². The molecule has 0 aliphatic rings. The van der Waals surface area contributed by atoms with Crippen LogP contribution in [0, 0.1) is 0 Å². The zero-order valence-electron chi connectivity index (χ0n) is 11.2. The van der Waals surface area contributed by atoms with E-state index in [1.165, 1.54) is 5.56 Å². The molecule has 2 aromatic rings. The van der Waals surface area contributed by atoms with Gasteiger partial charge in [0.25, 0.3) is 0 Å². The Kier molecular flexibility index (Phi) is 4.56. The van der Waals surface area contributed by atoms with Crippen molar-refractivity contribution >= 4 is 21.6 Å². The number of hydrogen-bond acceptors (Lipinski definition) is 3. The molecular formula is C15H18BrN3. The number of rotatable bonds is 4. The molecule has 0 radical (unpaired) electrons. The maximum atomic E-state index is 5.89. The van der Waals surface area contributed by atoms with Crippen LogP contribution in [0.3, 0.4) is 0 Å². The fourth-order valence-electron chi connectivity index (χ4n) is 1.97. The number of anilines is 1. The lowest BCUT2D eigenvalue weighted by atomic mass is 10.1. The number of nitrogens with two attached hydrogens (primary N) is 1. The minimum Gasteiger partial charge on any atom is -0.369 e. The highest BCUT2D eigenvalue weighted by molar-refractivity contribution is 9.10. The molecule has 0 saturated heterocycles. The van der Waals surface area contributed by atoms with E-state index in [1.54, 1.807) is 6.20 Å². The van der Waals surface area contributed by atoms with Gasteiger partial charge in [-0.3, -0.25) is 4.98 Å². The van der Waals surface area contributed by atoms with Crippen LogP contribution in [0.1, 0.15) is 24.1 Å². The Morgan fingerprint density at radius 3 is 2.74 bits per heavy atom. The highest BCUT2D eigenvalue weighted by atomic mass is 79.9. The summed E-state index contributed by atoms with van der Waals surface area (Å²) in [5, 5.41) is 0. The second kappa shape index (κ2) is 6.17. The first kappa shape index (κ1) is 14.0. The number of aromatic nitrogens is 1. The van der Waals surface area contributed by atoms with Crippen molar-refractivity contribution in [1.82, 2.24) is 4.98 Å². The Hall–Kier alpha value is -1.39. The molecule has 1 heterocycles. The predicted molar refractivity (Wildman–Crippen MR) is 83.1 cm³/mol. The molecule has 0 fully saturated rings. The predicted octanol–water partition coefficient (Wildman–Crippen LogP) is 3.50. The van der Waals surface area contributed by atoms with Gasteiger partial charge in [0.05, 0.1) is 5.69 Å². The molecule has 0 aliphatic heterocycles. The molecule has 19 heavy (non-hydrogen) atoms. The molecule has 4 heteroatoms. The Labute approximate surface area is 122 Å². The van der Waals surface area contributed by atoms with Crippen LogP contribution < -0.4 is 10.6 Å². The van der Waals surface area contributed by atoms with Crippen LogP contribution in [0.15, 0.2) is 47.2 Å². The number of halogens is 1. The summed E-state index contributed by atoms with van der Waals surface area (Å²) in [7, 11) is 2.07. The number of nitrogens with zero attached hydrogens (tertiary/aromatic N) is 2. The molecule has 1 atom stereocenters. The average Bonchev–Trinajstić information content (AvgIpc) is 2.39. The minimum atomic E-state index is 0.0500. The topological polar surface area (TPSA) is 42.1 Å². The van der Waals surface area contributed by atoms with Crippen molar-refractivity contribution in [3.05, 3.63) is 58.3 Å². The van der Waals surface area contributed by atoms with Gasteiger partial charge in [-0.05, 0) is 52.2 Å². The summed E-state index contributed by atoms with van der Waals surface area (Å²) in [5.74, 6) is 0. The molecule has 2 N–H and O–H groups in total. The van der Waals surface area contributed by atoms with Crippen LogP contribution in [0.5, 0.6) is 0 Å². The molecule has 2 rings (SSSR count). The van der Waals surface area contributed by atoms with Gasteiger partial charge in [-0.2, -0.15) is 0 Å². The summed E-state index contributed by atoms with van der Waals surface area (Å²) < 4.78 is 1.06. The summed E-state index contributed by atoms with van der Waals surface area (Å²) in [4.78, 5) is 6.32. The van der Waals surface area contributed by atoms with Gasteiger partial charge in [0.1, 0.15) is 0 Å². The Bertz CT molecular complexity index is 540. The molecule has 1 aromatic carbocycles. The normalized spacial score (nSPS) is 12.2. The fourth-order valence-corrected chi connectivity index (χ4v) is 2.67. The van der Waals surface area contributed by atoms with E-state index in [0.29, 0.717) is 0 Å². The molecule has 0 bridgehead atoms. The van der Waals surface area contributed by atoms with Crippen molar-refractivity contribution in [2.24, 2.45) is 5.73 Å². The van der Waals surface area contributed by atoms with E-state index in [9.17, 15) is 0 Å². The summed E-state index contributed by atoms with van der Waals surface area (Å²) in [6, 6.07) is 10.3. The summed E-state index contributed by atoms with van der Waals surface area (Å²) in [5.41, 5.74) is 9.35. The monoisotopic (exact) mass is 319 g/mol. The van der Waals surface area contributed by atoms with Gasteiger partial charge in [0.2, 0.25) is 0 Å². The van der Waals surface area contributed by atoms with E-state index in [4.69, 9.17) is 5.73 Å². The number of pyridine rings is 1. The van der Waals surface area contributed by atoms with Crippen LogP contribution in [0.2, 0.25) is 0 Å². The smallest absolute Gasteiger partial charge is 0.0511 e. The van der Waals surface area contributed by atoms with Crippen molar-refractivity contribution in [3.8, 4) is 0 Å². The third-order valence-corrected chi connectivity index (χ3v) is 3.69. The Balaban J connectivity index is 2.17. The van der Waals surface area contributed by atoms with Gasteiger partial charge in [0.15, 0.2) is 0 Å². The molecule has 100 valence electrons. The molecule has 3 nitrogen and oxygen atoms in total. The first-order valence-electron chi connectivity index (χ1n) is 6.23. The zero-order chi connectivity index (χ0) is 13.8. The third kappa shape index (κ3) is 3.55. The molecular weight excluding hydrogens is 302 g/mol. The van der Waals surface area contributed by atoms with E-state index in [2.05, 4.69) is 57.1 Å². The highest BCUT2D eigenvalue weighted by Gasteiger charge is 2.09. The molecule has 0 unspecified atom stereocenters. The van der Waals surface area contributed by atoms with E-state index in [1.807, 2.05) is 19.2 Å². The lowest BCUT2D eigenvalue weighted by Gasteiger charge is -2.21.